The molecule has 1 N–H and O–H groups in total. The van der Waals surface area contributed by atoms with Gasteiger partial charge in [-0.25, -0.2) is 0 Å². The van der Waals surface area contributed by atoms with Gasteiger partial charge in [-0.05, 0) is 31.7 Å². The molecule has 1 aromatic carbocycles. The topological polar surface area (TPSA) is 41.6 Å². The quantitative estimate of drug-likeness (QED) is 0.918. The van der Waals surface area contributed by atoms with Crippen molar-refractivity contribution in [3.05, 3.63) is 34.3 Å². The molecule has 2 rings (SSSR count). The number of amides is 1. The van der Waals surface area contributed by atoms with E-state index in [-0.39, 0.29) is 12.0 Å². The number of morpholine rings is 1. The molecular formula is C14H19ClN2O2. The first kappa shape index (κ1) is 14.3. The van der Waals surface area contributed by atoms with Crippen LogP contribution in [0.25, 0.3) is 0 Å². The van der Waals surface area contributed by atoms with Crippen LogP contribution in [0, 0.1) is 6.92 Å². The van der Waals surface area contributed by atoms with Crippen molar-refractivity contribution in [2.75, 3.05) is 33.3 Å². The van der Waals surface area contributed by atoms with Crippen LogP contribution in [0.1, 0.15) is 15.9 Å². The van der Waals surface area contributed by atoms with Crippen LogP contribution in [-0.2, 0) is 4.74 Å². The predicted octanol–water partition coefficient (Wildman–Crippen LogP) is 1.71. The lowest BCUT2D eigenvalue weighted by atomic mass is 10.1. The van der Waals surface area contributed by atoms with Crippen molar-refractivity contribution in [1.82, 2.24) is 10.2 Å². The van der Waals surface area contributed by atoms with Gasteiger partial charge in [-0.2, -0.15) is 0 Å². The maximum absolute atomic E-state index is 12.5. The average Bonchev–Trinajstić information content (AvgIpc) is 2.42. The summed E-state index contributed by atoms with van der Waals surface area (Å²) in [6.45, 7) is 4.45. The van der Waals surface area contributed by atoms with E-state index in [1.165, 1.54) is 0 Å². The van der Waals surface area contributed by atoms with Crippen molar-refractivity contribution in [2.24, 2.45) is 0 Å². The van der Waals surface area contributed by atoms with Crippen LogP contribution in [0.3, 0.4) is 0 Å². The molecular weight excluding hydrogens is 264 g/mol. The zero-order valence-corrected chi connectivity index (χ0v) is 12.0. The average molecular weight is 283 g/mol. The molecule has 19 heavy (non-hydrogen) atoms. The molecule has 0 spiro atoms. The van der Waals surface area contributed by atoms with E-state index in [0.717, 1.165) is 12.1 Å². The van der Waals surface area contributed by atoms with Crippen LogP contribution in [0.5, 0.6) is 0 Å². The lowest BCUT2D eigenvalue weighted by Crippen LogP contribution is -2.48. The van der Waals surface area contributed by atoms with Gasteiger partial charge in [0.25, 0.3) is 5.91 Å². The Balaban J connectivity index is 2.12. The van der Waals surface area contributed by atoms with Gasteiger partial charge in [-0.1, -0.05) is 17.7 Å². The fourth-order valence-corrected chi connectivity index (χ4v) is 2.44. The van der Waals surface area contributed by atoms with Crippen LogP contribution < -0.4 is 5.32 Å². The molecule has 0 aliphatic carbocycles. The van der Waals surface area contributed by atoms with Crippen LogP contribution in [0.2, 0.25) is 5.02 Å². The number of carbonyl (C=O) groups excluding carboxylic acids is 1. The Hall–Kier alpha value is -1.10. The normalized spacial score (nSPS) is 19.5. The third kappa shape index (κ3) is 3.26. The number of nitrogens with zero attached hydrogens (tertiary/aromatic N) is 1. The smallest absolute Gasteiger partial charge is 0.254 e. The minimum atomic E-state index is 0.0319. The van der Waals surface area contributed by atoms with E-state index in [1.54, 1.807) is 6.07 Å². The molecule has 5 heteroatoms. The zero-order chi connectivity index (χ0) is 13.8. The van der Waals surface area contributed by atoms with Gasteiger partial charge in [0.2, 0.25) is 0 Å². The molecule has 104 valence electrons. The number of nitrogens with one attached hydrogen (secondary N) is 1. The second kappa shape index (κ2) is 6.37. The van der Waals surface area contributed by atoms with E-state index in [1.807, 2.05) is 31.0 Å². The maximum atomic E-state index is 12.5. The van der Waals surface area contributed by atoms with E-state index in [4.69, 9.17) is 16.3 Å². The Labute approximate surface area is 118 Å². The highest BCUT2D eigenvalue weighted by atomic mass is 35.5. The summed E-state index contributed by atoms with van der Waals surface area (Å²) >= 11 is 6.07. The first-order valence-corrected chi connectivity index (χ1v) is 6.82. The summed E-state index contributed by atoms with van der Waals surface area (Å²) in [5.41, 5.74) is 1.52. The summed E-state index contributed by atoms with van der Waals surface area (Å²) in [5, 5.41) is 3.70. The molecule has 1 aliphatic heterocycles. The Morgan fingerprint density at radius 1 is 1.58 bits per heavy atom. The van der Waals surface area contributed by atoms with Gasteiger partial charge in [-0.15, -0.1) is 0 Å². The fourth-order valence-electron chi connectivity index (χ4n) is 2.26. The van der Waals surface area contributed by atoms with Crippen molar-refractivity contribution >= 4 is 17.5 Å². The molecule has 1 aromatic rings. The molecule has 1 saturated heterocycles. The Morgan fingerprint density at radius 3 is 3.11 bits per heavy atom. The molecule has 1 aliphatic rings. The van der Waals surface area contributed by atoms with Gasteiger partial charge in [0, 0.05) is 30.2 Å². The molecule has 1 fully saturated rings. The van der Waals surface area contributed by atoms with Crippen LogP contribution in [-0.4, -0.2) is 50.2 Å². The van der Waals surface area contributed by atoms with Gasteiger partial charge < -0.3 is 15.0 Å². The number of hydrogen-bond donors (Lipinski definition) is 1. The number of ether oxygens (including phenoxy) is 1. The fraction of sp³-hybridized carbons (Fsp3) is 0.500. The van der Waals surface area contributed by atoms with Crippen molar-refractivity contribution in [3.63, 3.8) is 0 Å². The Bertz CT molecular complexity index is 463. The summed E-state index contributed by atoms with van der Waals surface area (Å²) in [5.74, 6) is 0.0319. The van der Waals surface area contributed by atoms with Gasteiger partial charge in [0.05, 0.1) is 12.7 Å². The van der Waals surface area contributed by atoms with Crippen LogP contribution >= 0.6 is 11.6 Å². The minimum absolute atomic E-state index is 0.0319. The van der Waals surface area contributed by atoms with Gasteiger partial charge in [0.1, 0.15) is 0 Å². The van der Waals surface area contributed by atoms with Crippen molar-refractivity contribution < 1.29 is 9.53 Å². The predicted molar refractivity (Wildman–Crippen MR) is 75.8 cm³/mol. The molecule has 0 radical (unpaired) electrons. The van der Waals surface area contributed by atoms with E-state index in [9.17, 15) is 4.79 Å². The number of carbonyl (C=O) groups is 1. The minimum Gasteiger partial charge on any atom is -0.373 e. The zero-order valence-electron chi connectivity index (χ0n) is 11.3. The molecule has 1 atom stereocenters. The number of hydrogen-bond acceptors (Lipinski definition) is 3. The number of rotatable bonds is 3. The van der Waals surface area contributed by atoms with E-state index >= 15 is 0 Å². The third-order valence-electron chi connectivity index (χ3n) is 3.36. The molecule has 0 aromatic heterocycles. The number of halogens is 1. The standard InChI is InChI=1S/C14H19ClN2O2/c1-10-12(4-3-5-13(10)15)14(18)17-6-7-19-11(9-17)8-16-2/h3-5,11,16H,6-9H2,1-2H3. The van der Waals surface area contributed by atoms with E-state index < -0.39 is 0 Å². The highest BCUT2D eigenvalue weighted by Crippen LogP contribution is 2.21. The SMILES string of the molecule is CNCC1CN(C(=O)c2cccc(Cl)c2C)CCO1. The highest BCUT2D eigenvalue weighted by Gasteiger charge is 2.25. The number of benzene rings is 1. The van der Waals surface area contributed by atoms with Gasteiger partial charge in [0.15, 0.2) is 0 Å². The van der Waals surface area contributed by atoms with Gasteiger partial charge >= 0.3 is 0 Å². The summed E-state index contributed by atoms with van der Waals surface area (Å²) in [6, 6.07) is 5.44. The summed E-state index contributed by atoms with van der Waals surface area (Å²) in [7, 11) is 1.88. The van der Waals surface area contributed by atoms with Crippen LogP contribution in [0.15, 0.2) is 18.2 Å². The first-order chi connectivity index (χ1) is 9.13. The largest absolute Gasteiger partial charge is 0.373 e. The summed E-state index contributed by atoms with van der Waals surface area (Å²) in [6.07, 6.45) is 0.0576. The Kier molecular flexibility index (Phi) is 4.80. The van der Waals surface area contributed by atoms with Crippen molar-refractivity contribution in [3.8, 4) is 0 Å². The summed E-state index contributed by atoms with van der Waals surface area (Å²) in [4.78, 5) is 14.4. The maximum Gasteiger partial charge on any atom is 0.254 e. The Morgan fingerprint density at radius 2 is 2.37 bits per heavy atom. The molecule has 1 amide bonds. The molecule has 1 unspecified atom stereocenters. The van der Waals surface area contributed by atoms with Gasteiger partial charge in [-0.3, -0.25) is 4.79 Å². The molecule has 4 nitrogen and oxygen atoms in total. The molecule has 0 bridgehead atoms. The number of likely N-dealkylation sites (N-methyl/N-ethyl adjacent to an activating group) is 1. The second-order valence-corrected chi connectivity index (χ2v) is 5.12. The lowest BCUT2D eigenvalue weighted by molar-refractivity contribution is -0.0196. The first-order valence-electron chi connectivity index (χ1n) is 6.44. The van der Waals surface area contributed by atoms with Crippen molar-refractivity contribution in [2.45, 2.75) is 13.0 Å². The molecule has 1 heterocycles. The van der Waals surface area contributed by atoms with Crippen LogP contribution in [0.4, 0.5) is 0 Å². The third-order valence-corrected chi connectivity index (χ3v) is 3.77. The van der Waals surface area contributed by atoms with E-state index in [0.29, 0.717) is 30.3 Å². The monoisotopic (exact) mass is 282 g/mol. The second-order valence-electron chi connectivity index (χ2n) is 4.71. The lowest BCUT2D eigenvalue weighted by Gasteiger charge is -2.33. The van der Waals surface area contributed by atoms with E-state index in [2.05, 4.69) is 5.32 Å². The highest BCUT2D eigenvalue weighted by molar-refractivity contribution is 6.31. The van der Waals surface area contributed by atoms with Crippen molar-refractivity contribution in [1.29, 1.82) is 0 Å². The summed E-state index contributed by atoms with van der Waals surface area (Å²) < 4.78 is 5.61. The molecule has 0 saturated carbocycles.